The molecule has 7 N–H and O–H groups in total. The second kappa shape index (κ2) is 10.5. The van der Waals surface area contributed by atoms with Gasteiger partial charge in [-0.1, -0.05) is 0 Å². The number of carbonyl (C=O) groups excluding carboxylic acids is 1. The standard InChI is InChI=1S/C24H22O14/c25-9-1-2-11(15-6-13(28)20-12(27)3-10(26)5-16(20)36-15)14(4-9)37-24-23(34)22(33)21(32)17(38-24)8-35-19(31)7-18(29)30/h1-6,17,21-27,32-34H,7-8H2,(H,29,30)/t17-,21-,22+,23+,24+/m0/s1. The smallest absolute Gasteiger partial charge is 0.317 e. The molecular weight excluding hydrogens is 512 g/mol. The summed E-state index contributed by atoms with van der Waals surface area (Å²) in [6.07, 6.45) is -9.54. The van der Waals surface area contributed by atoms with Gasteiger partial charge >= 0.3 is 11.9 Å². The van der Waals surface area contributed by atoms with E-state index >= 15 is 0 Å². The first-order chi connectivity index (χ1) is 17.9. The van der Waals surface area contributed by atoms with E-state index < -0.39 is 66.9 Å². The Morgan fingerprint density at radius 2 is 1.66 bits per heavy atom. The minimum atomic E-state index is -1.85. The van der Waals surface area contributed by atoms with Crippen molar-refractivity contribution in [2.24, 2.45) is 0 Å². The summed E-state index contributed by atoms with van der Waals surface area (Å²) in [6.45, 7) is -0.684. The molecule has 1 saturated heterocycles. The van der Waals surface area contributed by atoms with Crippen LogP contribution < -0.4 is 10.2 Å². The fourth-order valence-electron chi connectivity index (χ4n) is 3.83. The largest absolute Gasteiger partial charge is 0.508 e. The molecular formula is C24H22O14. The summed E-state index contributed by atoms with van der Waals surface area (Å²) in [6, 6.07) is 6.68. The number of fused-ring (bicyclic) bond motifs is 1. The maximum Gasteiger partial charge on any atom is 0.317 e. The van der Waals surface area contributed by atoms with Gasteiger partial charge in [0, 0.05) is 24.3 Å². The summed E-state index contributed by atoms with van der Waals surface area (Å²) in [5.74, 6) is -4.13. The van der Waals surface area contributed by atoms with E-state index in [4.69, 9.17) is 23.7 Å². The lowest BCUT2D eigenvalue weighted by Crippen LogP contribution is -2.60. The third kappa shape index (κ3) is 5.47. The van der Waals surface area contributed by atoms with Gasteiger partial charge in [0.25, 0.3) is 0 Å². The fraction of sp³-hybridized carbons (Fsp3) is 0.292. The Balaban J connectivity index is 1.64. The molecule has 2 heterocycles. The number of hydrogen-bond donors (Lipinski definition) is 7. The van der Waals surface area contributed by atoms with Gasteiger partial charge in [0.15, 0.2) is 5.43 Å². The van der Waals surface area contributed by atoms with Gasteiger partial charge in [-0.3, -0.25) is 14.4 Å². The van der Waals surface area contributed by atoms with Gasteiger partial charge in [0.1, 0.15) is 77.2 Å². The lowest BCUT2D eigenvalue weighted by atomic mass is 9.99. The molecule has 0 spiro atoms. The van der Waals surface area contributed by atoms with Gasteiger partial charge in [-0.2, -0.15) is 0 Å². The van der Waals surface area contributed by atoms with Gasteiger partial charge in [-0.05, 0) is 12.1 Å². The van der Waals surface area contributed by atoms with E-state index in [1.807, 2.05) is 0 Å². The highest BCUT2D eigenvalue weighted by Gasteiger charge is 2.45. The van der Waals surface area contributed by atoms with Crippen LogP contribution in [0.15, 0.2) is 45.6 Å². The van der Waals surface area contributed by atoms with Crippen molar-refractivity contribution in [1.29, 1.82) is 0 Å². The summed E-state index contributed by atoms with van der Waals surface area (Å²) in [4.78, 5) is 34.8. The molecule has 4 rings (SSSR count). The van der Waals surface area contributed by atoms with Crippen molar-refractivity contribution in [3.8, 4) is 34.3 Å². The number of carboxylic acids is 1. The molecule has 3 aromatic rings. The van der Waals surface area contributed by atoms with Crippen LogP contribution in [0.4, 0.5) is 0 Å². The van der Waals surface area contributed by atoms with Crippen molar-refractivity contribution in [3.63, 3.8) is 0 Å². The molecule has 1 aliphatic rings. The summed E-state index contributed by atoms with van der Waals surface area (Å²) < 4.78 is 21.5. The van der Waals surface area contributed by atoms with E-state index in [1.54, 1.807) is 0 Å². The maximum atomic E-state index is 12.6. The summed E-state index contributed by atoms with van der Waals surface area (Å²) in [7, 11) is 0. The van der Waals surface area contributed by atoms with Gasteiger partial charge in [-0.25, -0.2) is 0 Å². The predicted octanol–water partition coefficient (Wildman–Crippen LogP) is -0.219. The number of aliphatic hydroxyl groups excluding tert-OH is 3. The lowest BCUT2D eigenvalue weighted by molar-refractivity contribution is -0.278. The number of aromatic hydroxyl groups is 3. The number of hydrogen-bond acceptors (Lipinski definition) is 13. The van der Waals surface area contributed by atoms with Crippen LogP contribution in [0.1, 0.15) is 6.42 Å². The zero-order valence-corrected chi connectivity index (χ0v) is 19.3. The highest BCUT2D eigenvalue weighted by atomic mass is 16.7. The summed E-state index contributed by atoms with van der Waals surface area (Å²) in [5, 5.41) is 69.1. The van der Waals surface area contributed by atoms with Crippen molar-refractivity contribution in [1.82, 2.24) is 0 Å². The van der Waals surface area contributed by atoms with Crippen LogP contribution in [0.3, 0.4) is 0 Å². The first-order valence-electron chi connectivity index (χ1n) is 11.0. The number of phenolic OH excluding ortho intramolecular Hbond substituents is 3. The highest BCUT2D eigenvalue weighted by Crippen LogP contribution is 2.37. The number of aliphatic hydroxyl groups is 3. The Labute approximate surface area is 212 Å². The fourth-order valence-corrected chi connectivity index (χ4v) is 3.83. The third-order valence-corrected chi connectivity index (χ3v) is 5.64. The van der Waals surface area contributed by atoms with Gasteiger partial charge in [0.05, 0.1) is 5.56 Å². The number of phenols is 3. The highest BCUT2D eigenvalue weighted by molar-refractivity contribution is 5.90. The van der Waals surface area contributed by atoms with Crippen molar-refractivity contribution in [2.75, 3.05) is 6.61 Å². The molecule has 1 fully saturated rings. The molecule has 0 bridgehead atoms. The number of rotatable bonds is 7. The molecule has 1 aliphatic heterocycles. The molecule has 202 valence electrons. The number of esters is 1. The molecule has 0 radical (unpaired) electrons. The Morgan fingerprint density at radius 1 is 0.921 bits per heavy atom. The Kier molecular flexibility index (Phi) is 7.41. The van der Waals surface area contributed by atoms with Gasteiger partial charge in [-0.15, -0.1) is 0 Å². The van der Waals surface area contributed by atoms with Crippen molar-refractivity contribution >= 4 is 22.9 Å². The SMILES string of the molecule is O=C(O)CC(=O)OC[C@@H]1O[C@@H](Oc2cc(O)ccc2-c2cc(=O)c3c(O)cc(O)cc3o2)[C@H](O)[C@H](O)[C@H]1O. The topological polar surface area (TPSA) is 234 Å². The Bertz CT molecular complexity index is 1430. The van der Waals surface area contributed by atoms with E-state index in [2.05, 4.69) is 0 Å². The zero-order chi connectivity index (χ0) is 27.7. The number of benzene rings is 2. The van der Waals surface area contributed by atoms with E-state index in [-0.39, 0.29) is 39.5 Å². The quantitative estimate of drug-likeness (QED) is 0.153. The lowest BCUT2D eigenvalue weighted by Gasteiger charge is -2.40. The van der Waals surface area contributed by atoms with Crippen LogP contribution in [-0.2, 0) is 19.1 Å². The normalized spacial score (nSPS) is 23.2. The van der Waals surface area contributed by atoms with Crippen LogP contribution in [-0.4, -0.2) is 85.0 Å². The van der Waals surface area contributed by atoms with Crippen molar-refractivity contribution in [3.05, 3.63) is 46.6 Å². The van der Waals surface area contributed by atoms with Crippen LogP contribution in [0.5, 0.6) is 23.0 Å². The second-order valence-electron chi connectivity index (χ2n) is 8.38. The number of carboxylic acid groups (broad SMARTS) is 1. The average molecular weight is 534 g/mol. The van der Waals surface area contributed by atoms with E-state index in [0.29, 0.717) is 0 Å². The average Bonchev–Trinajstić information content (AvgIpc) is 2.82. The molecule has 0 aliphatic carbocycles. The van der Waals surface area contributed by atoms with Gasteiger partial charge < -0.3 is 54.4 Å². The van der Waals surface area contributed by atoms with Crippen LogP contribution in [0.2, 0.25) is 0 Å². The van der Waals surface area contributed by atoms with E-state index in [9.17, 15) is 45.0 Å². The molecule has 2 aromatic carbocycles. The molecule has 0 unspecified atom stereocenters. The van der Waals surface area contributed by atoms with Gasteiger partial charge in [0.2, 0.25) is 6.29 Å². The van der Waals surface area contributed by atoms with E-state index in [1.165, 1.54) is 12.1 Å². The molecule has 0 saturated carbocycles. The van der Waals surface area contributed by atoms with Crippen LogP contribution in [0.25, 0.3) is 22.3 Å². The van der Waals surface area contributed by atoms with Crippen molar-refractivity contribution < 1.29 is 64.0 Å². The minimum absolute atomic E-state index is 0.0467. The molecule has 0 amide bonds. The Morgan fingerprint density at radius 3 is 2.37 bits per heavy atom. The molecule has 14 nitrogen and oxygen atoms in total. The summed E-state index contributed by atoms with van der Waals surface area (Å²) in [5.41, 5.74) is -0.793. The molecule has 1 aromatic heterocycles. The minimum Gasteiger partial charge on any atom is -0.508 e. The predicted molar refractivity (Wildman–Crippen MR) is 123 cm³/mol. The molecule has 14 heteroatoms. The second-order valence-corrected chi connectivity index (χ2v) is 8.38. The first kappa shape index (κ1) is 26.7. The third-order valence-electron chi connectivity index (χ3n) is 5.64. The van der Waals surface area contributed by atoms with Crippen LogP contribution >= 0.6 is 0 Å². The van der Waals surface area contributed by atoms with E-state index in [0.717, 1.165) is 24.3 Å². The monoisotopic (exact) mass is 534 g/mol. The zero-order valence-electron chi connectivity index (χ0n) is 19.3. The number of carbonyl (C=O) groups is 2. The van der Waals surface area contributed by atoms with Crippen LogP contribution in [0, 0.1) is 0 Å². The maximum absolute atomic E-state index is 12.6. The molecule has 38 heavy (non-hydrogen) atoms. The number of aliphatic carboxylic acids is 1. The first-order valence-corrected chi connectivity index (χ1v) is 11.0. The molecule has 5 atom stereocenters. The Hall–Kier alpha value is -4.37. The summed E-state index contributed by atoms with van der Waals surface area (Å²) >= 11 is 0. The van der Waals surface area contributed by atoms with Crippen molar-refractivity contribution in [2.45, 2.75) is 37.1 Å². The number of ether oxygens (including phenoxy) is 3.